The molecule has 4 rings (SSSR count). The van der Waals surface area contributed by atoms with Gasteiger partial charge in [0.2, 0.25) is 0 Å². The number of Topliss-reactive ketones (excluding diaryl/α,β-unsaturated/α-hetero) is 1. The first-order chi connectivity index (χ1) is 11.6. The summed E-state index contributed by atoms with van der Waals surface area (Å²) in [6.07, 6.45) is 6.16. The highest BCUT2D eigenvalue weighted by atomic mass is 16.3. The topological polar surface area (TPSA) is 77.8 Å². The van der Waals surface area contributed by atoms with E-state index in [4.69, 9.17) is 0 Å². The summed E-state index contributed by atoms with van der Waals surface area (Å²) in [5.41, 5.74) is -1.69. The maximum absolute atomic E-state index is 12.3. The fourth-order valence-corrected chi connectivity index (χ4v) is 7.94. The Morgan fingerprint density at radius 3 is 2.44 bits per heavy atom. The smallest absolute Gasteiger partial charge is 0.161 e. The van der Waals surface area contributed by atoms with E-state index >= 15 is 0 Å². The third-order valence-corrected chi connectivity index (χ3v) is 9.30. The summed E-state index contributed by atoms with van der Waals surface area (Å²) in [6.45, 7) is 5.88. The molecule has 0 heterocycles. The fraction of sp³-hybridized carbons (Fsp3) is 0.952. The van der Waals surface area contributed by atoms with Gasteiger partial charge in [-0.05, 0) is 87.4 Å². The average molecular weight is 350 g/mol. The van der Waals surface area contributed by atoms with Crippen molar-refractivity contribution in [3.8, 4) is 0 Å². The zero-order valence-electron chi connectivity index (χ0n) is 15.9. The van der Waals surface area contributed by atoms with E-state index in [0.29, 0.717) is 30.6 Å². The predicted octanol–water partition coefficient (Wildman–Crippen LogP) is 2.68. The van der Waals surface area contributed by atoms with Crippen LogP contribution in [-0.2, 0) is 4.79 Å². The lowest BCUT2D eigenvalue weighted by Gasteiger charge is -2.62. The van der Waals surface area contributed by atoms with Gasteiger partial charge in [-0.1, -0.05) is 13.8 Å². The van der Waals surface area contributed by atoms with Crippen molar-refractivity contribution < 1.29 is 20.1 Å². The van der Waals surface area contributed by atoms with Gasteiger partial charge in [0.05, 0.1) is 12.2 Å². The van der Waals surface area contributed by atoms with E-state index < -0.39 is 17.1 Å². The minimum absolute atomic E-state index is 0.0832. The molecule has 4 saturated carbocycles. The number of rotatable bonds is 1. The lowest BCUT2D eigenvalue weighted by Crippen LogP contribution is -2.62. The first kappa shape index (κ1) is 17.9. The number of hydrogen-bond acceptors (Lipinski definition) is 4. The third-order valence-electron chi connectivity index (χ3n) is 9.30. The van der Waals surface area contributed by atoms with E-state index in [0.717, 1.165) is 38.5 Å². The number of aliphatic hydroxyl groups excluding tert-OH is 2. The molecule has 0 spiro atoms. The molecule has 1 unspecified atom stereocenters. The summed E-state index contributed by atoms with van der Waals surface area (Å²) in [5, 5.41) is 32.5. The van der Waals surface area contributed by atoms with Crippen molar-refractivity contribution in [2.75, 3.05) is 0 Å². The monoisotopic (exact) mass is 350 g/mol. The number of hydrogen-bond donors (Lipinski definition) is 3. The molecule has 4 heteroatoms. The van der Waals surface area contributed by atoms with Crippen molar-refractivity contribution in [2.24, 2.45) is 34.5 Å². The van der Waals surface area contributed by atoms with Crippen LogP contribution >= 0.6 is 0 Å². The van der Waals surface area contributed by atoms with Crippen LogP contribution < -0.4 is 0 Å². The van der Waals surface area contributed by atoms with Crippen LogP contribution in [0.25, 0.3) is 0 Å². The highest BCUT2D eigenvalue weighted by Gasteiger charge is 2.68. The number of aliphatic hydroxyl groups is 3. The number of ketones is 1. The van der Waals surface area contributed by atoms with Crippen molar-refractivity contribution in [3.05, 3.63) is 0 Å². The molecule has 4 aliphatic carbocycles. The van der Waals surface area contributed by atoms with E-state index in [1.54, 1.807) is 0 Å². The quantitative estimate of drug-likeness (QED) is 0.679. The van der Waals surface area contributed by atoms with E-state index in [1.165, 1.54) is 6.92 Å². The van der Waals surface area contributed by atoms with Crippen LogP contribution in [0.1, 0.15) is 72.1 Å². The molecule has 0 aromatic rings. The maximum Gasteiger partial charge on any atom is 0.161 e. The van der Waals surface area contributed by atoms with Crippen molar-refractivity contribution in [3.63, 3.8) is 0 Å². The Kier molecular flexibility index (Phi) is 3.97. The second-order valence-electron chi connectivity index (χ2n) is 10.1. The Morgan fingerprint density at radius 2 is 1.76 bits per heavy atom. The van der Waals surface area contributed by atoms with Crippen LogP contribution in [0.4, 0.5) is 0 Å². The van der Waals surface area contributed by atoms with Crippen LogP contribution in [0.3, 0.4) is 0 Å². The second kappa shape index (κ2) is 5.53. The third kappa shape index (κ3) is 2.20. The fourth-order valence-electron chi connectivity index (χ4n) is 7.94. The minimum atomic E-state index is -1.27. The van der Waals surface area contributed by atoms with Crippen LogP contribution in [0.2, 0.25) is 0 Å². The average Bonchev–Trinajstić information content (AvgIpc) is 2.80. The van der Waals surface area contributed by atoms with Crippen LogP contribution in [-0.4, -0.2) is 38.9 Å². The Bertz CT molecular complexity index is 576. The molecule has 4 nitrogen and oxygen atoms in total. The number of carbonyl (C=O) groups is 1. The molecule has 0 amide bonds. The van der Waals surface area contributed by atoms with Gasteiger partial charge in [-0.2, -0.15) is 0 Å². The lowest BCUT2D eigenvalue weighted by atomic mass is 9.43. The summed E-state index contributed by atoms with van der Waals surface area (Å²) in [4.78, 5) is 12.3. The van der Waals surface area contributed by atoms with Crippen molar-refractivity contribution in [1.29, 1.82) is 0 Å². The van der Waals surface area contributed by atoms with Crippen molar-refractivity contribution in [1.82, 2.24) is 0 Å². The van der Waals surface area contributed by atoms with Gasteiger partial charge in [-0.3, -0.25) is 4.79 Å². The molecule has 0 aromatic heterocycles. The first-order valence-electron chi connectivity index (χ1n) is 10.2. The Labute approximate surface area is 151 Å². The highest BCUT2D eigenvalue weighted by Crippen LogP contribution is 2.68. The first-order valence-corrected chi connectivity index (χ1v) is 10.2. The number of fused-ring (bicyclic) bond motifs is 5. The van der Waals surface area contributed by atoms with Crippen LogP contribution in [0, 0.1) is 34.5 Å². The molecular formula is C21H34O4. The predicted molar refractivity (Wildman–Crippen MR) is 94.8 cm³/mol. The van der Waals surface area contributed by atoms with E-state index in [2.05, 4.69) is 6.92 Å². The summed E-state index contributed by atoms with van der Waals surface area (Å²) in [6, 6.07) is 0. The highest BCUT2D eigenvalue weighted by molar-refractivity contribution is 5.86. The molecule has 0 aliphatic heterocycles. The van der Waals surface area contributed by atoms with E-state index in [1.807, 2.05) is 6.92 Å². The summed E-state index contributed by atoms with van der Waals surface area (Å²) in [7, 11) is 0. The minimum Gasteiger partial charge on any atom is -0.393 e. The Morgan fingerprint density at radius 1 is 1.04 bits per heavy atom. The molecule has 3 N–H and O–H groups in total. The van der Waals surface area contributed by atoms with Gasteiger partial charge in [-0.25, -0.2) is 0 Å². The molecule has 0 bridgehead atoms. The second-order valence-corrected chi connectivity index (χ2v) is 10.1. The van der Waals surface area contributed by atoms with E-state index in [9.17, 15) is 20.1 Å². The van der Waals surface area contributed by atoms with Crippen LogP contribution in [0.5, 0.6) is 0 Å². The standard InChI is InChI=1S/C21H34O4/c1-12(22)21(25)9-7-16-15-5-4-13-10-14(23)6-8-19(13,2)18(15)17(24)11-20(16,21)3/h13-18,23-25H,4-11H2,1-3H3/t13?,14-,15-,16-,17+,18+,19-,20-,21-/m0/s1. The van der Waals surface area contributed by atoms with Gasteiger partial charge in [0.1, 0.15) is 5.60 Å². The molecule has 0 radical (unpaired) electrons. The zero-order valence-corrected chi connectivity index (χ0v) is 15.9. The van der Waals surface area contributed by atoms with Crippen molar-refractivity contribution >= 4 is 5.78 Å². The molecule has 0 saturated heterocycles. The molecule has 0 aromatic carbocycles. The Balaban J connectivity index is 1.70. The molecule has 25 heavy (non-hydrogen) atoms. The van der Waals surface area contributed by atoms with Gasteiger partial charge < -0.3 is 15.3 Å². The molecule has 4 aliphatic rings. The van der Waals surface area contributed by atoms with Gasteiger partial charge in [-0.15, -0.1) is 0 Å². The van der Waals surface area contributed by atoms with Gasteiger partial charge in [0, 0.05) is 5.41 Å². The summed E-state index contributed by atoms with van der Waals surface area (Å²) >= 11 is 0. The maximum atomic E-state index is 12.3. The normalized spacial score (nSPS) is 58.2. The SMILES string of the molecule is CC(=O)[C@@]1(O)CC[C@H]2[C@@H]3CCC4C[C@@H](O)CC[C@]4(C)[C@H]3[C@H](O)C[C@@]21C. The van der Waals surface area contributed by atoms with Gasteiger partial charge >= 0.3 is 0 Å². The van der Waals surface area contributed by atoms with E-state index in [-0.39, 0.29) is 23.2 Å². The molecule has 4 fully saturated rings. The van der Waals surface area contributed by atoms with Gasteiger partial charge in [0.25, 0.3) is 0 Å². The summed E-state index contributed by atoms with van der Waals surface area (Å²) < 4.78 is 0. The van der Waals surface area contributed by atoms with Gasteiger partial charge in [0.15, 0.2) is 5.78 Å². The van der Waals surface area contributed by atoms with Crippen LogP contribution in [0.15, 0.2) is 0 Å². The summed E-state index contributed by atoms with van der Waals surface area (Å²) in [5.74, 6) is 1.30. The zero-order chi connectivity index (χ0) is 18.2. The van der Waals surface area contributed by atoms with Crippen molar-refractivity contribution in [2.45, 2.75) is 89.9 Å². The number of carbonyl (C=O) groups excluding carboxylic acids is 1. The Hall–Kier alpha value is -0.450. The largest absolute Gasteiger partial charge is 0.393 e. The molecular weight excluding hydrogens is 316 g/mol. The lowest BCUT2D eigenvalue weighted by molar-refractivity contribution is -0.201. The molecule has 142 valence electrons. The molecule has 9 atom stereocenters.